The first kappa shape index (κ1) is 20.3. The largest absolute Gasteiger partial charge is 0.332 e. The number of amides is 1. The molecule has 1 amide bonds. The summed E-state index contributed by atoms with van der Waals surface area (Å²) in [4.78, 5) is 16.9. The molecule has 0 aliphatic heterocycles. The maximum absolute atomic E-state index is 13.0. The van der Waals surface area contributed by atoms with Gasteiger partial charge in [-0.2, -0.15) is 0 Å². The molecule has 8 heteroatoms. The van der Waals surface area contributed by atoms with Crippen molar-refractivity contribution in [2.45, 2.75) is 0 Å². The number of benzene rings is 3. The van der Waals surface area contributed by atoms with Crippen LogP contribution < -0.4 is 10.6 Å². The highest BCUT2D eigenvalue weighted by atomic mass is 35.5. The van der Waals surface area contributed by atoms with Crippen molar-refractivity contribution in [2.24, 2.45) is 0 Å². The maximum Gasteiger partial charge on any atom is 0.255 e. The summed E-state index contributed by atoms with van der Waals surface area (Å²) in [6, 6.07) is 18.2. The fourth-order valence-corrected chi connectivity index (χ4v) is 3.72. The van der Waals surface area contributed by atoms with Crippen LogP contribution in [0.25, 0.3) is 11.3 Å². The molecule has 4 nitrogen and oxygen atoms in total. The second kappa shape index (κ2) is 8.83. The number of hydrogen-bond donors (Lipinski definition) is 2. The van der Waals surface area contributed by atoms with E-state index in [1.807, 2.05) is 17.5 Å². The molecule has 150 valence electrons. The van der Waals surface area contributed by atoms with Crippen molar-refractivity contribution >= 4 is 57.0 Å². The lowest BCUT2D eigenvalue weighted by Gasteiger charge is -2.07. The van der Waals surface area contributed by atoms with Crippen LogP contribution in [0.4, 0.5) is 20.9 Å². The topological polar surface area (TPSA) is 54.0 Å². The van der Waals surface area contributed by atoms with Crippen molar-refractivity contribution in [2.75, 3.05) is 10.6 Å². The van der Waals surface area contributed by atoms with Gasteiger partial charge in [-0.25, -0.2) is 9.37 Å². The van der Waals surface area contributed by atoms with Crippen molar-refractivity contribution in [1.82, 2.24) is 4.98 Å². The minimum Gasteiger partial charge on any atom is -0.332 e. The Morgan fingerprint density at radius 3 is 2.30 bits per heavy atom. The number of anilines is 3. The average Bonchev–Trinajstić information content (AvgIpc) is 3.21. The first-order chi connectivity index (χ1) is 14.5. The lowest BCUT2D eigenvalue weighted by molar-refractivity contribution is 0.102. The number of hydrogen-bond acceptors (Lipinski definition) is 4. The van der Waals surface area contributed by atoms with E-state index in [1.165, 1.54) is 29.5 Å². The standard InChI is InChI=1S/C22H14Cl2FN3OS/c23-18-10-3-14(11-19(18)24)21(29)26-16-6-1-13(2-7-16)20-12-30-22(28-20)27-17-8-4-15(25)5-9-17/h1-12H,(H,26,29)(H,27,28). The summed E-state index contributed by atoms with van der Waals surface area (Å²) in [6.45, 7) is 0. The van der Waals surface area contributed by atoms with E-state index < -0.39 is 0 Å². The van der Waals surface area contributed by atoms with Gasteiger partial charge in [-0.15, -0.1) is 11.3 Å². The van der Waals surface area contributed by atoms with Crippen LogP contribution in [0.15, 0.2) is 72.1 Å². The van der Waals surface area contributed by atoms with Gasteiger partial charge in [0.2, 0.25) is 0 Å². The molecule has 0 bridgehead atoms. The Morgan fingerprint density at radius 2 is 1.60 bits per heavy atom. The van der Waals surface area contributed by atoms with Crippen LogP contribution in [0.3, 0.4) is 0 Å². The van der Waals surface area contributed by atoms with E-state index >= 15 is 0 Å². The molecule has 0 fully saturated rings. The number of nitrogens with one attached hydrogen (secondary N) is 2. The molecule has 0 radical (unpaired) electrons. The average molecular weight is 458 g/mol. The third-order valence-electron chi connectivity index (χ3n) is 4.22. The number of halogens is 3. The summed E-state index contributed by atoms with van der Waals surface area (Å²) < 4.78 is 13.0. The quantitative estimate of drug-likeness (QED) is 0.331. The Labute approximate surface area is 186 Å². The predicted octanol–water partition coefficient (Wildman–Crippen LogP) is 7.25. The van der Waals surface area contributed by atoms with Crippen LogP contribution in [0.5, 0.6) is 0 Å². The highest BCUT2D eigenvalue weighted by Gasteiger charge is 2.10. The van der Waals surface area contributed by atoms with Gasteiger partial charge in [0, 0.05) is 27.9 Å². The number of carbonyl (C=O) groups is 1. The van der Waals surface area contributed by atoms with E-state index in [4.69, 9.17) is 23.2 Å². The predicted molar refractivity (Wildman–Crippen MR) is 122 cm³/mol. The summed E-state index contributed by atoms with van der Waals surface area (Å²) in [5, 5.41) is 9.33. The monoisotopic (exact) mass is 457 g/mol. The van der Waals surface area contributed by atoms with E-state index in [0.29, 0.717) is 26.4 Å². The molecule has 0 aliphatic rings. The fourth-order valence-electron chi connectivity index (χ4n) is 2.69. The van der Waals surface area contributed by atoms with Crippen LogP contribution in [-0.2, 0) is 0 Å². The van der Waals surface area contributed by atoms with Gasteiger partial charge in [0.15, 0.2) is 5.13 Å². The summed E-state index contributed by atoms with van der Waals surface area (Å²) in [6.07, 6.45) is 0. The molecular weight excluding hydrogens is 444 g/mol. The van der Waals surface area contributed by atoms with E-state index in [9.17, 15) is 9.18 Å². The zero-order chi connectivity index (χ0) is 21.1. The zero-order valence-electron chi connectivity index (χ0n) is 15.3. The molecule has 0 unspecified atom stereocenters. The Bertz CT molecular complexity index is 1190. The second-order valence-electron chi connectivity index (χ2n) is 6.33. The van der Waals surface area contributed by atoms with E-state index in [-0.39, 0.29) is 11.7 Å². The van der Waals surface area contributed by atoms with Crippen LogP contribution >= 0.6 is 34.5 Å². The number of nitrogens with zero attached hydrogens (tertiary/aromatic N) is 1. The van der Waals surface area contributed by atoms with Crippen molar-refractivity contribution in [3.8, 4) is 11.3 Å². The van der Waals surface area contributed by atoms with E-state index in [2.05, 4.69) is 15.6 Å². The van der Waals surface area contributed by atoms with Gasteiger partial charge in [-0.05, 0) is 54.6 Å². The van der Waals surface area contributed by atoms with Crippen LogP contribution in [0.1, 0.15) is 10.4 Å². The first-order valence-electron chi connectivity index (χ1n) is 8.83. The molecule has 0 atom stereocenters. The molecule has 0 saturated heterocycles. The minimum atomic E-state index is -0.285. The molecule has 4 rings (SSSR count). The van der Waals surface area contributed by atoms with Crippen LogP contribution in [0.2, 0.25) is 10.0 Å². The third-order valence-corrected chi connectivity index (χ3v) is 5.72. The highest BCUT2D eigenvalue weighted by Crippen LogP contribution is 2.28. The molecular formula is C22H14Cl2FN3OS. The van der Waals surface area contributed by atoms with Gasteiger partial charge in [-0.3, -0.25) is 4.79 Å². The molecule has 1 heterocycles. The molecule has 2 N–H and O–H groups in total. The van der Waals surface area contributed by atoms with Gasteiger partial charge in [0.05, 0.1) is 15.7 Å². The SMILES string of the molecule is O=C(Nc1ccc(-c2csc(Nc3ccc(F)cc3)n2)cc1)c1ccc(Cl)c(Cl)c1. The normalized spacial score (nSPS) is 10.6. The lowest BCUT2D eigenvalue weighted by Crippen LogP contribution is -2.11. The van der Waals surface area contributed by atoms with Crippen LogP contribution in [-0.4, -0.2) is 10.9 Å². The van der Waals surface area contributed by atoms with Crippen LogP contribution in [0, 0.1) is 5.82 Å². The van der Waals surface area contributed by atoms with E-state index in [1.54, 1.807) is 36.4 Å². The molecule has 3 aromatic carbocycles. The number of aromatic nitrogens is 1. The second-order valence-corrected chi connectivity index (χ2v) is 8.00. The van der Waals surface area contributed by atoms with E-state index in [0.717, 1.165) is 16.9 Å². The van der Waals surface area contributed by atoms with Gasteiger partial charge >= 0.3 is 0 Å². The number of rotatable bonds is 5. The summed E-state index contributed by atoms with van der Waals surface area (Å²) >= 11 is 13.3. The van der Waals surface area contributed by atoms with Crippen molar-refractivity contribution < 1.29 is 9.18 Å². The lowest BCUT2D eigenvalue weighted by atomic mass is 10.1. The summed E-state index contributed by atoms with van der Waals surface area (Å²) in [5.41, 5.74) is 3.54. The van der Waals surface area contributed by atoms with Gasteiger partial charge < -0.3 is 10.6 Å². The van der Waals surface area contributed by atoms with Gasteiger partial charge in [-0.1, -0.05) is 35.3 Å². The highest BCUT2D eigenvalue weighted by molar-refractivity contribution is 7.14. The minimum absolute atomic E-state index is 0.277. The van der Waals surface area contributed by atoms with Crippen molar-refractivity contribution in [3.05, 3.63) is 93.5 Å². The smallest absolute Gasteiger partial charge is 0.255 e. The van der Waals surface area contributed by atoms with Gasteiger partial charge in [0.25, 0.3) is 5.91 Å². The van der Waals surface area contributed by atoms with Gasteiger partial charge in [0.1, 0.15) is 5.82 Å². The summed E-state index contributed by atoms with van der Waals surface area (Å²) in [7, 11) is 0. The fraction of sp³-hybridized carbons (Fsp3) is 0. The van der Waals surface area contributed by atoms with Crippen molar-refractivity contribution in [1.29, 1.82) is 0 Å². The number of thiazole rings is 1. The maximum atomic E-state index is 13.0. The Kier molecular flexibility index (Phi) is 5.99. The molecule has 1 aromatic heterocycles. The zero-order valence-corrected chi connectivity index (χ0v) is 17.7. The first-order valence-corrected chi connectivity index (χ1v) is 10.5. The summed E-state index contributed by atoms with van der Waals surface area (Å²) in [5.74, 6) is -0.563. The Hall–Kier alpha value is -2.93. The number of carbonyl (C=O) groups excluding carboxylic acids is 1. The molecule has 4 aromatic rings. The third kappa shape index (κ3) is 4.79. The Morgan fingerprint density at radius 1 is 0.900 bits per heavy atom. The Balaban J connectivity index is 1.43. The molecule has 0 saturated carbocycles. The molecule has 0 aliphatic carbocycles. The molecule has 0 spiro atoms. The van der Waals surface area contributed by atoms with Crippen molar-refractivity contribution in [3.63, 3.8) is 0 Å². The molecule has 30 heavy (non-hydrogen) atoms.